The molecule has 23 heavy (non-hydrogen) atoms. The zero-order valence-electron chi connectivity index (χ0n) is 13.2. The maximum absolute atomic E-state index is 13.0. The van der Waals surface area contributed by atoms with Crippen molar-refractivity contribution < 1.29 is 17.9 Å². The lowest BCUT2D eigenvalue weighted by molar-refractivity contribution is 0.219. The maximum Gasteiger partial charge on any atom is 0.266 e. The lowest BCUT2D eigenvalue weighted by atomic mass is 10.2. The predicted octanol–water partition coefficient (Wildman–Crippen LogP) is 2.37. The highest BCUT2D eigenvalue weighted by atomic mass is 32.2. The summed E-state index contributed by atoms with van der Waals surface area (Å²) in [6.07, 6.45) is 1.08. The molecule has 7 heteroatoms. The molecule has 0 N–H and O–H groups in total. The first-order chi connectivity index (χ1) is 10.9. The second-order valence-corrected chi connectivity index (χ2v) is 7.33. The zero-order chi connectivity index (χ0) is 16.6. The van der Waals surface area contributed by atoms with Gasteiger partial charge < -0.3 is 9.47 Å². The first kappa shape index (κ1) is 15.6. The fourth-order valence-corrected chi connectivity index (χ4v) is 3.99. The number of hydrogen-bond acceptors (Lipinski definition) is 5. The topological polar surface area (TPSA) is 68.7 Å². The van der Waals surface area contributed by atoms with E-state index < -0.39 is 10.0 Å². The first-order valence-corrected chi connectivity index (χ1v) is 8.66. The summed E-state index contributed by atoms with van der Waals surface area (Å²) in [5.41, 5.74) is 1.52. The van der Waals surface area contributed by atoms with Gasteiger partial charge in [-0.25, -0.2) is 13.4 Å². The smallest absolute Gasteiger partial charge is 0.266 e. The molecule has 0 bridgehead atoms. The van der Waals surface area contributed by atoms with E-state index in [1.165, 1.54) is 29.7 Å². The number of anilines is 1. The molecule has 0 spiro atoms. The van der Waals surface area contributed by atoms with Crippen molar-refractivity contribution in [2.45, 2.75) is 24.8 Å². The van der Waals surface area contributed by atoms with E-state index in [-0.39, 0.29) is 17.5 Å². The second-order valence-electron chi connectivity index (χ2n) is 5.47. The molecule has 3 rings (SSSR count). The molecule has 1 aliphatic rings. The van der Waals surface area contributed by atoms with Crippen molar-refractivity contribution in [1.29, 1.82) is 0 Å². The molecule has 0 saturated heterocycles. The van der Waals surface area contributed by atoms with E-state index in [2.05, 4.69) is 4.98 Å². The van der Waals surface area contributed by atoms with E-state index in [9.17, 15) is 8.42 Å². The minimum atomic E-state index is -3.71. The van der Waals surface area contributed by atoms with Gasteiger partial charge in [0.15, 0.2) is 0 Å². The van der Waals surface area contributed by atoms with Gasteiger partial charge in [-0.15, -0.1) is 0 Å². The molecular weight excluding hydrogens is 316 g/mol. The second kappa shape index (κ2) is 5.73. The van der Waals surface area contributed by atoms with Crippen LogP contribution in [0.5, 0.6) is 11.6 Å². The predicted molar refractivity (Wildman–Crippen MR) is 86.6 cm³/mol. The standard InChI is InChI=1S/C16H18N2O4S/c1-11-4-6-15-14(8-11)18(10-12(2)22-15)23(19,20)13-5-7-16(21-3)17-9-13/h4-9,12H,10H2,1-3H3/t12-/m0/s1. The number of benzene rings is 1. The largest absolute Gasteiger partial charge is 0.487 e. The molecule has 1 aliphatic heterocycles. The molecule has 6 nitrogen and oxygen atoms in total. The van der Waals surface area contributed by atoms with E-state index in [1.54, 1.807) is 6.07 Å². The minimum Gasteiger partial charge on any atom is -0.487 e. The van der Waals surface area contributed by atoms with E-state index in [1.807, 2.05) is 26.0 Å². The molecular formula is C16H18N2O4S. The first-order valence-electron chi connectivity index (χ1n) is 7.22. The highest BCUT2D eigenvalue weighted by molar-refractivity contribution is 7.92. The van der Waals surface area contributed by atoms with Gasteiger partial charge in [0.05, 0.1) is 25.5 Å². The molecule has 0 saturated carbocycles. The van der Waals surface area contributed by atoms with Crippen LogP contribution in [0.25, 0.3) is 0 Å². The Morgan fingerprint density at radius 1 is 1.30 bits per heavy atom. The third-order valence-electron chi connectivity index (χ3n) is 3.64. The molecule has 0 amide bonds. The van der Waals surface area contributed by atoms with Crippen LogP contribution in [0, 0.1) is 6.92 Å². The van der Waals surface area contributed by atoms with Crippen LogP contribution in [0.2, 0.25) is 0 Å². The van der Waals surface area contributed by atoms with Gasteiger partial charge >= 0.3 is 0 Å². The molecule has 0 radical (unpaired) electrons. The summed E-state index contributed by atoms with van der Waals surface area (Å²) in [6, 6.07) is 8.55. The van der Waals surface area contributed by atoms with Crippen LogP contribution in [0.15, 0.2) is 41.4 Å². The summed E-state index contributed by atoms with van der Waals surface area (Å²) >= 11 is 0. The van der Waals surface area contributed by atoms with Crippen molar-refractivity contribution in [2.75, 3.05) is 18.0 Å². The lowest BCUT2D eigenvalue weighted by Crippen LogP contribution is -2.42. The number of aromatic nitrogens is 1. The van der Waals surface area contributed by atoms with Gasteiger partial charge in [0.2, 0.25) is 5.88 Å². The van der Waals surface area contributed by atoms with Crippen molar-refractivity contribution in [1.82, 2.24) is 4.98 Å². The average Bonchev–Trinajstić information content (AvgIpc) is 2.54. The van der Waals surface area contributed by atoms with Crippen LogP contribution in [-0.2, 0) is 10.0 Å². The Morgan fingerprint density at radius 3 is 2.74 bits per heavy atom. The van der Waals surface area contributed by atoms with Crippen LogP contribution in [-0.4, -0.2) is 33.2 Å². The number of nitrogens with zero attached hydrogens (tertiary/aromatic N) is 2. The van der Waals surface area contributed by atoms with Crippen LogP contribution in [0.1, 0.15) is 12.5 Å². The normalized spacial score (nSPS) is 17.3. The van der Waals surface area contributed by atoms with Crippen molar-refractivity contribution in [2.24, 2.45) is 0 Å². The lowest BCUT2D eigenvalue weighted by Gasteiger charge is -2.34. The Bertz CT molecular complexity index is 818. The fourth-order valence-electron chi connectivity index (χ4n) is 2.50. The summed E-state index contributed by atoms with van der Waals surface area (Å²) in [5, 5.41) is 0. The van der Waals surface area contributed by atoms with Crippen LogP contribution in [0.3, 0.4) is 0 Å². The monoisotopic (exact) mass is 334 g/mol. The number of fused-ring (bicyclic) bond motifs is 1. The number of sulfonamides is 1. The van der Waals surface area contributed by atoms with E-state index in [0.29, 0.717) is 17.3 Å². The van der Waals surface area contributed by atoms with E-state index in [0.717, 1.165) is 5.56 Å². The molecule has 1 aromatic heterocycles. The van der Waals surface area contributed by atoms with E-state index in [4.69, 9.17) is 9.47 Å². The quantitative estimate of drug-likeness (QED) is 0.862. The zero-order valence-corrected chi connectivity index (χ0v) is 14.0. The van der Waals surface area contributed by atoms with Gasteiger partial charge in [0.1, 0.15) is 16.7 Å². The van der Waals surface area contributed by atoms with Crippen LogP contribution in [0.4, 0.5) is 5.69 Å². The highest BCUT2D eigenvalue weighted by Gasteiger charge is 2.33. The Labute approximate surface area is 135 Å². The highest BCUT2D eigenvalue weighted by Crippen LogP contribution is 2.37. The van der Waals surface area contributed by atoms with Crippen LogP contribution >= 0.6 is 0 Å². The Morgan fingerprint density at radius 2 is 2.09 bits per heavy atom. The fraction of sp³-hybridized carbons (Fsp3) is 0.312. The van der Waals surface area contributed by atoms with Crippen LogP contribution < -0.4 is 13.8 Å². The van der Waals surface area contributed by atoms with Crippen molar-refractivity contribution in [3.63, 3.8) is 0 Å². The molecule has 122 valence electrons. The van der Waals surface area contributed by atoms with Crippen molar-refractivity contribution in [3.8, 4) is 11.6 Å². The Kier molecular flexibility index (Phi) is 3.89. The molecule has 2 aromatic rings. The minimum absolute atomic E-state index is 0.125. The summed E-state index contributed by atoms with van der Waals surface area (Å²) in [4.78, 5) is 4.12. The van der Waals surface area contributed by atoms with Gasteiger partial charge in [-0.3, -0.25) is 4.31 Å². The Hall–Kier alpha value is -2.28. The molecule has 1 aromatic carbocycles. The summed E-state index contributed by atoms with van der Waals surface area (Å²) in [7, 11) is -2.23. The molecule has 1 atom stereocenters. The maximum atomic E-state index is 13.0. The third-order valence-corrected chi connectivity index (χ3v) is 5.40. The third kappa shape index (κ3) is 2.84. The van der Waals surface area contributed by atoms with Gasteiger partial charge in [0.25, 0.3) is 10.0 Å². The number of methoxy groups -OCH3 is 1. The summed E-state index contributed by atoms with van der Waals surface area (Å²) in [6.45, 7) is 4.01. The number of aryl methyl sites for hydroxylation is 1. The molecule has 0 unspecified atom stereocenters. The summed E-state index contributed by atoms with van der Waals surface area (Å²) in [5.74, 6) is 0.940. The van der Waals surface area contributed by atoms with Gasteiger partial charge in [-0.05, 0) is 37.6 Å². The summed E-state index contributed by atoms with van der Waals surface area (Å²) < 4.78 is 38.1. The average molecular weight is 334 g/mol. The molecule has 0 fully saturated rings. The number of pyridine rings is 1. The number of ether oxygens (including phenoxy) is 2. The van der Waals surface area contributed by atoms with Gasteiger partial charge in [0, 0.05) is 6.07 Å². The van der Waals surface area contributed by atoms with Gasteiger partial charge in [-0.1, -0.05) is 6.07 Å². The van der Waals surface area contributed by atoms with Gasteiger partial charge in [-0.2, -0.15) is 0 Å². The molecule has 0 aliphatic carbocycles. The SMILES string of the molecule is COc1ccc(S(=O)(=O)N2C[C@H](C)Oc3ccc(C)cc32)cn1. The molecule has 2 heterocycles. The number of hydrogen-bond donors (Lipinski definition) is 0. The number of rotatable bonds is 3. The Balaban J connectivity index is 2.07. The van der Waals surface area contributed by atoms with Crippen molar-refractivity contribution >= 4 is 15.7 Å². The van der Waals surface area contributed by atoms with Crippen molar-refractivity contribution in [3.05, 3.63) is 42.1 Å². The van der Waals surface area contributed by atoms with E-state index >= 15 is 0 Å².